The molecule has 1 atom stereocenters. The van der Waals surface area contributed by atoms with E-state index in [-0.39, 0.29) is 5.38 Å². The Morgan fingerprint density at radius 1 is 1.46 bits per heavy atom. The van der Waals surface area contributed by atoms with Crippen LogP contribution in [0.2, 0.25) is 0 Å². The van der Waals surface area contributed by atoms with Crippen molar-refractivity contribution < 1.29 is 4.52 Å². The monoisotopic (exact) mass is 220 g/mol. The highest BCUT2D eigenvalue weighted by molar-refractivity contribution is 7.99. The fraction of sp³-hybridized carbons (Fsp3) is 0.750. The Morgan fingerprint density at radius 3 is 2.62 bits per heavy atom. The van der Waals surface area contributed by atoms with Crippen LogP contribution in [0.25, 0.3) is 0 Å². The Bertz CT molecular complexity index is 262. The highest BCUT2D eigenvalue weighted by atomic mass is 35.5. The van der Waals surface area contributed by atoms with Crippen LogP contribution in [0, 0.1) is 0 Å². The Hall–Kier alpha value is -0.220. The van der Waals surface area contributed by atoms with Crippen molar-refractivity contribution in [3.05, 3.63) is 11.7 Å². The minimum absolute atomic E-state index is 0.203. The number of hydrogen-bond acceptors (Lipinski definition) is 4. The van der Waals surface area contributed by atoms with Crippen molar-refractivity contribution in [2.24, 2.45) is 0 Å². The lowest BCUT2D eigenvalue weighted by molar-refractivity contribution is 0.375. The quantitative estimate of drug-likeness (QED) is 0.732. The van der Waals surface area contributed by atoms with Crippen LogP contribution in [0.1, 0.15) is 37.9 Å². The molecule has 0 amide bonds. The van der Waals surface area contributed by atoms with E-state index in [0.29, 0.717) is 11.1 Å². The summed E-state index contributed by atoms with van der Waals surface area (Å²) in [5.74, 6) is 2.01. The van der Waals surface area contributed by atoms with E-state index in [4.69, 9.17) is 16.1 Å². The van der Waals surface area contributed by atoms with Gasteiger partial charge >= 0.3 is 0 Å². The molecule has 0 aliphatic heterocycles. The molecule has 0 fully saturated rings. The third kappa shape index (κ3) is 3.56. The second-order valence-corrected chi connectivity index (χ2v) is 5.24. The number of alkyl halides is 1. The molecule has 0 N–H and O–H groups in total. The number of hydrogen-bond donors (Lipinski definition) is 0. The molecule has 0 saturated carbocycles. The lowest BCUT2D eigenvalue weighted by Crippen LogP contribution is -1.91. The van der Waals surface area contributed by atoms with E-state index in [0.717, 1.165) is 11.6 Å². The summed E-state index contributed by atoms with van der Waals surface area (Å²) in [6.45, 7) is 6.08. The standard InChI is InChI=1S/C8H13ClN2OS/c1-5(2)13-4-7-10-8(6(3)9)12-11-7/h5-6H,4H2,1-3H3. The predicted octanol–water partition coefficient (Wildman–Crippen LogP) is 3.01. The third-order valence-corrected chi connectivity index (χ3v) is 2.65. The van der Waals surface area contributed by atoms with E-state index in [1.54, 1.807) is 11.8 Å². The van der Waals surface area contributed by atoms with Gasteiger partial charge in [-0.05, 0) is 12.2 Å². The zero-order valence-corrected chi connectivity index (χ0v) is 9.52. The SMILES string of the molecule is CC(C)SCc1noc(C(C)Cl)n1. The van der Waals surface area contributed by atoms with Crippen LogP contribution in [0.3, 0.4) is 0 Å². The molecule has 0 saturated heterocycles. The van der Waals surface area contributed by atoms with Gasteiger partial charge in [0, 0.05) is 0 Å². The highest BCUT2D eigenvalue weighted by Crippen LogP contribution is 2.19. The van der Waals surface area contributed by atoms with Crippen molar-refractivity contribution in [2.45, 2.75) is 37.2 Å². The molecule has 0 bridgehead atoms. The van der Waals surface area contributed by atoms with E-state index in [9.17, 15) is 0 Å². The summed E-state index contributed by atoms with van der Waals surface area (Å²) < 4.78 is 4.95. The lowest BCUT2D eigenvalue weighted by atomic mass is 10.5. The van der Waals surface area contributed by atoms with Gasteiger partial charge in [-0.15, -0.1) is 11.6 Å². The molecule has 5 heteroatoms. The molecule has 3 nitrogen and oxygen atoms in total. The van der Waals surface area contributed by atoms with Crippen molar-refractivity contribution in [1.29, 1.82) is 0 Å². The molecular formula is C8H13ClN2OS. The van der Waals surface area contributed by atoms with E-state index >= 15 is 0 Å². The van der Waals surface area contributed by atoms with Crippen molar-refractivity contribution in [2.75, 3.05) is 0 Å². The average molecular weight is 221 g/mol. The molecule has 0 radical (unpaired) electrons. The van der Waals surface area contributed by atoms with E-state index in [2.05, 4.69) is 24.0 Å². The molecule has 0 aliphatic carbocycles. The Kier molecular flexibility index (Phi) is 4.06. The first-order valence-corrected chi connectivity index (χ1v) is 5.66. The fourth-order valence-corrected chi connectivity index (χ4v) is 1.42. The van der Waals surface area contributed by atoms with Crippen LogP contribution in [-0.2, 0) is 5.75 Å². The maximum absolute atomic E-state index is 5.78. The van der Waals surface area contributed by atoms with Crippen LogP contribution in [0.4, 0.5) is 0 Å². The predicted molar refractivity (Wildman–Crippen MR) is 55.0 cm³/mol. The van der Waals surface area contributed by atoms with Crippen LogP contribution in [0.15, 0.2) is 4.52 Å². The van der Waals surface area contributed by atoms with E-state index in [1.807, 2.05) is 6.92 Å². The summed E-state index contributed by atoms with van der Waals surface area (Å²) in [7, 11) is 0. The number of nitrogens with zero attached hydrogens (tertiary/aromatic N) is 2. The molecular weight excluding hydrogens is 208 g/mol. The normalized spacial score (nSPS) is 13.6. The first-order valence-electron chi connectivity index (χ1n) is 4.17. The maximum atomic E-state index is 5.78. The first-order chi connectivity index (χ1) is 6.09. The van der Waals surface area contributed by atoms with Gasteiger partial charge in [-0.3, -0.25) is 0 Å². The smallest absolute Gasteiger partial charge is 0.244 e. The topological polar surface area (TPSA) is 38.9 Å². The van der Waals surface area contributed by atoms with Crippen LogP contribution in [0.5, 0.6) is 0 Å². The molecule has 1 rings (SSSR count). The van der Waals surface area contributed by atoms with Crippen molar-refractivity contribution in [3.8, 4) is 0 Å². The Labute approximate surface area is 87.2 Å². The average Bonchev–Trinajstić information content (AvgIpc) is 2.48. The minimum Gasteiger partial charge on any atom is -0.338 e. The molecule has 1 aromatic rings. The molecule has 0 aliphatic rings. The van der Waals surface area contributed by atoms with Crippen molar-refractivity contribution >= 4 is 23.4 Å². The molecule has 1 heterocycles. The third-order valence-electron chi connectivity index (χ3n) is 1.37. The second-order valence-electron chi connectivity index (χ2n) is 3.02. The lowest BCUT2D eigenvalue weighted by Gasteiger charge is -1.99. The molecule has 1 aromatic heterocycles. The molecule has 13 heavy (non-hydrogen) atoms. The zero-order chi connectivity index (χ0) is 9.84. The van der Waals surface area contributed by atoms with Crippen LogP contribution in [-0.4, -0.2) is 15.4 Å². The Morgan fingerprint density at radius 2 is 2.15 bits per heavy atom. The van der Waals surface area contributed by atoms with E-state index < -0.39 is 0 Å². The number of halogens is 1. The van der Waals surface area contributed by atoms with Gasteiger partial charge in [0.25, 0.3) is 0 Å². The zero-order valence-electron chi connectivity index (χ0n) is 7.95. The Balaban J connectivity index is 2.49. The highest BCUT2D eigenvalue weighted by Gasteiger charge is 2.11. The number of aromatic nitrogens is 2. The van der Waals surface area contributed by atoms with Gasteiger partial charge in [0.2, 0.25) is 5.89 Å². The molecule has 74 valence electrons. The number of rotatable bonds is 4. The summed E-state index contributed by atoms with van der Waals surface area (Å²) in [4.78, 5) is 4.15. The minimum atomic E-state index is -0.203. The maximum Gasteiger partial charge on any atom is 0.244 e. The van der Waals surface area contributed by atoms with Crippen LogP contribution < -0.4 is 0 Å². The number of thioether (sulfide) groups is 1. The van der Waals surface area contributed by atoms with Gasteiger partial charge in [-0.2, -0.15) is 16.7 Å². The van der Waals surface area contributed by atoms with Gasteiger partial charge in [0.15, 0.2) is 5.82 Å². The summed E-state index contributed by atoms with van der Waals surface area (Å²) in [5, 5.41) is 4.19. The molecule has 0 spiro atoms. The summed E-state index contributed by atoms with van der Waals surface area (Å²) >= 11 is 7.56. The molecule has 0 aromatic carbocycles. The largest absolute Gasteiger partial charge is 0.338 e. The summed E-state index contributed by atoms with van der Waals surface area (Å²) in [6, 6.07) is 0. The molecule has 1 unspecified atom stereocenters. The summed E-state index contributed by atoms with van der Waals surface area (Å²) in [6.07, 6.45) is 0. The first kappa shape index (κ1) is 10.9. The second kappa shape index (κ2) is 4.86. The van der Waals surface area contributed by atoms with Gasteiger partial charge in [-0.1, -0.05) is 19.0 Å². The van der Waals surface area contributed by atoms with E-state index in [1.165, 1.54) is 0 Å². The van der Waals surface area contributed by atoms with Gasteiger partial charge in [0.1, 0.15) is 5.38 Å². The van der Waals surface area contributed by atoms with Gasteiger partial charge in [0.05, 0.1) is 5.75 Å². The van der Waals surface area contributed by atoms with Gasteiger partial charge < -0.3 is 4.52 Å². The van der Waals surface area contributed by atoms with Gasteiger partial charge in [-0.25, -0.2) is 0 Å². The summed E-state index contributed by atoms with van der Waals surface area (Å²) in [5.41, 5.74) is 0. The van der Waals surface area contributed by atoms with Crippen molar-refractivity contribution in [3.63, 3.8) is 0 Å². The van der Waals surface area contributed by atoms with Crippen LogP contribution >= 0.6 is 23.4 Å². The van der Waals surface area contributed by atoms with Crippen molar-refractivity contribution in [1.82, 2.24) is 10.1 Å². The fourth-order valence-electron chi connectivity index (χ4n) is 0.729.